The summed E-state index contributed by atoms with van der Waals surface area (Å²) in [4.78, 5) is 25.2. The SMILES string of the molecule is NC(=O)C[C@@H]1CCCN(C(=O)[C@H](N)c2ccccc2)C1. The lowest BCUT2D eigenvalue weighted by Crippen LogP contribution is -2.45. The Morgan fingerprint density at radius 1 is 1.30 bits per heavy atom. The molecule has 1 aliphatic rings. The topological polar surface area (TPSA) is 89.4 Å². The second kappa shape index (κ2) is 6.52. The average Bonchev–Trinajstić information content (AvgIpc) is 2.46. The molecule has 1 saturated heterocycles. The van der Waals surface area contributed by atoms with Gasteiger partial charge in [0.1, 0.15) is 6.04 Å². The number of nitrogens with zero attached hydrogens (tertiary/aromatic N) is 1. The summed E-state index contributed by atoms with van der Waals surface area (Å²) in [6, 6.07) is 8.71. The first kappa shape index (κ1) is 14.5. The van der Waals surface area contributed by atoms with Gasteiger partial charge < -0.3 is 16.4 Å². The second-order valence-corrected chi connectivity index (χ2v) is 5.35. The Balaban J connectivity index is 1.99. The minimum absolute atomic E-state index is 0.0784. The van der Waals surface area contributed by atoms with Gasteiger partial charge in [0.15, 0.2) is 0 Å². The predicted octanol–water partition coefficient (Wildman–Crippen LogP) is 0.800. The molecule has 108 valence electrons. The molecule has 0 saturated carbocycles. The van der Waals surface area contributed by atoms with Crippen LogP contribution in [0.1, 0.15) is 30.9 Å². The van der Waals surface area contributed by atoms with Crippen LogP contribution in [0.5, 0.6) is 0 Å². The molecular weight excluding hydrogens is 254 g/mol. The molecule has 2 amide bonds. The summed E-state index contributed by atoms with van der Waals surface area (Å²) >= 11 is 0. The Morgan fingerprint density at radius 3 is 2.65 bits per heavy atom. The fourth-order valence-electron chi connectivity index (χ4n) is 2.72. The van der Waals surface area contributed by atoms with Crippen molar-refractivity contribution in [3.8, 4) is 0 Å². The molecule has 1 fully saturated rings. The molecule has 2 rings (SSSR count). The average molecular weight is 275 g/mol. The van der Waals surface area contributed by atoms with Crippen molar-refractivity contribution < 1.29 is 9.59 Å². The quantitative estimate of drug-likeness (QED) is 0.851. The molecule has 20 heavy (non-hydrogen) atoms. The molecule has 0 aliphatic carbocycles. The minimum atomic E-state index is -0.636. The molecule has 2 atom stereocenters. The summed E-state index contributed by atoms with van der Waals surface area (Å²) in [7, 11) is 0. The number of rotatable bonds is 4. The van der Waals surface area contributed by atoms with Crippen molar-refractivity contribution in [3.63, 3.8) is 0 Å². The number of hydrogen-bond acceptors (Lipinski definition) is 3. The highest BCUT2D eigenvalue weighted by molar-refractivity contribution is 5.83. The number of likely N-dealkylation sites (tertiary alicyclic amines) is 1. The zero-order valence-corrected chi connectivity index (χ0v) is 11.5. The Kier molecular flexibility index (Phi) is 4.74. The first-order valence-electron chi connectivity index (χ1n) is 6.95. The third kappa shape index (κ3) is 3.57. The molecule has 5 heteroatoms. The molecule has 0 aromatic heterocycles. The highest BCUT2D eigenvalue weighted by Crippen LogP contribution is 2.22. The maximum absolute atomic E-state index is 12.4. The highest BCUT2D eigenvalue weighted by atomic mass is 16.2. The van der Waals surface area contributed by atoms with Crippen LogP contribution in [0.15, 0.2) is 30.3 Å². The summed E-state index contributed by atoms with van der Waals surface area (Å²) in [5, 5.41) is 0. The molecule has 5 nitrogen and oxygen atoms in total. The standard InChI is InChI=1S/C15H21N3O2/c16-13(19)9-11-5-4-8-18(10-11)15(20)14(17)12-6-2-1-3-7-12/h1-3,6-7,11,14H,4-5,8-10,17H2,(H2,16,19)/t11-,14+/m0/s1. The molecule has 4 N–H and O–H groups in total. The van der Waals surface area contributed by atoms with Crippen molar-refractivity contribution >= 4 is 11.8 Å². The Morgan fingerprint density at radius 2 is 2.00 bits per heavy atom. The van der Waals surface area contributed by atoms with E-state index in [-0.39, 0.29) is 17.7 Å². The third-order valence-electron chi connectivity index (χ3n) is 3.75. The van der Waals surface area contributed by atoms with Crippen LogP contribution in [0.2, 0.25) is 0 Å². The normalized spacial score (nSPS) is 20.4. The van der Waals surface area contributed by atoms with E-state index in [0.717, 1.165) is 18.4 Å². The first-order chi connectivity index (χ1) is 9.58. The predicted molar refractivity (Wildman–Crippen MR) is 76.5 cm³/mol. The van der Waals surface area contributed by atoms with Crippen molar-refractivity contribution in [2.45, 2.75) is 25.3 Å². The van der Waals surface area contributed by atoms with E-state index < -0.39 is 6.04 Å². The van der Waals surface area contributed by atoms with Crippen LogP contribution in [0.3, 0.4) is 0 Å². The van der Waals surface area contributed by atoms with E-state index in [1.165, 1.54) is 0 Å². The van der Waals surface area contributed by atoms with Gasteiger partial charge in [-0.15, -0.1) is 0 Å². The zero-order chi connectivity index (χ0) is 14.5. The second-order valence-electron chi connectivity index (χ2n) is 5.35. The lowest BCUT2D eigenvalue weighted by atomic mass is 9.93. The number of carbonyl (C=O) groups is 2. The van der Waals surface area contributed by atoms with Gasteiger partial charge in [0.2, 0.25) is 11.8 Å². The number of piperidine rings is 1. The van der Waals surface area contributed by atoms with E-state index in [4.69, 9.17) is 11.5 Å². The van der Waals surface area contributed by atoms with E-state index in [9.17, 15) is 9.59 Å². The molecule has 1 heterocycles. The molecule has 0 unspecified atom stereocenters. The molecule has 0 bridgehead atoms. The van der Waals surface area contributed by atoms with Crippen LogP contribution in [0.4, 0.5) is 0 Å². The lowest BCUT2D eigenvalue weighted by Gasteiger charge is -2.34. The van der Waals surface area contributed by atoms with E-state index in [0.29, 0.717) is 19.5 Å². The van der Waals surface area contributed by atoms with Crippen molar-refractivity contribution in [2.75, 3.05) is 13.1 Å². The smallest absolute Gasteiger partial charge is 0.244 e. The van der Waals surface area contributed by atoms with Gasteiger partial charge >= 0.3 is 0 Å². The Bertz CT molecular complexity index is 475. The zero-order valence-electron chi connectivity index (χ0n) is 11.5. The first-order valence-corrected chi connectivity index (χ1v) is 6.95. The van der Waals surface area contributed by atoms with Crippen LogP contribution in [-0.2, 0) is 9.59 Å². The monoisotopic (exact) mass is 275 g/mol. The number of nitrogens with two attached hydrogens (primary N) is 2. The van der Waals surface area contributed by atoms with E-state index in [1.54, 1.807) is 4.90 Å². The van der Waals surface area contributed by atoms with Gasteiger partial charge in [-0.2, -0.15) is 0 Å². The number of hydrogen-bond donors (Lipinski definition) is 2. The summed E-state index contributed by atoms with van der Waals surface area (Å²) in [6.07, 6.45) is 2.17. The fourth-order valence-corrected chi connectivity index (χ4v) is 2.72. The van der Waals surface area contributed by atoms with Crippen LogP contribution in [0, 0.1) is 5.92 Å². The van der Waals surface area contributed by atoms with Gasteiger partial charge in [0, 0.05) is 19.5 Å². The molecule has 1 aliphatic heterocycles. The minimum Gasteiger partial charge on any atom is -0.370 e. The number of carbonyl (C=O) groups excluding carboxylic acids is 2. The van der Waals surface area contributed by atoms with Crippen molar-refractivity contribution in [1.82, 2.24) is 4.90 Å². The number of amides is 2. The summed E-state index contributed by atoms with van der Waals surface area (Å²) in [5.41, 5.74) is 12.1. The van der Waals surface area contributed by atoms with Gasteiger partial charge in [-0.25, -0.2) is 0 Å². The van der Waals surface area contributed by atoms with E-state index in [2.05, 4.69) is 0 Å². The summed E-state index contributed by atoms with van der Waals surface area (Å²) < 4.78 is 0. The maximum atomic E-state index is 12.4. The third-order valence-corrected chi connectivity index (χ3v) is 3.75. The van der Waals surface area contributed by atoms with E-state index >= 15 is 0 Å². The van der Waals surface area contributed by atoms with Crippen molar-refractivity contribution in [3.05, 3.63) is 35.9 Å². The van der Waals surface area contributed by atoms with Gasteiger partial charge in [0.25, 0.3) is 0 Å². The van der Waals surface area contributed by atoms with Crippen molar-refractivity contribution in [2.24, 2.45) is 17.4 Å². The molecular formula is C15H21N3O2. The lowest BCUT2D eigenvalue weighted by molar-refractivity contribution is -0.135. The van der Waals surface area contributed by atoms with Crippen molar-refractivity contribution in [1.29, 1.82) is 0 Å². The van der Waals surface area contributed by atoms with Gasteiger partial charge in [-0.3, -0.25) is 9.59 Å². The van der Waals surface area contributed by atoms with Gasteiger partial charge in [0.05, 0.1) is 0 Å². The molecule has 1 aromatic rings. The van der Waals surface area contributed by atoms with Crippen LogP contribution in [-0.4, -0.2) is 29.8 Å². The Labute approximate surface area is 118 Å². The molecule has 0 radical (unpaired) electrons. The summed E-state index contributed by atoms with van der Waals surface area (Å²) in [6.45, 7) is 1.27. The number of benzene rings is 1. The molecule has 0 spiro atoms. The molecule has 1 aromatic carbocycles. The van der Waals surface area contributed by atoms with Gasteiger partial charge in [-0.05, 0) is 24.3 Å². The largest absolute Gasteiger partial charge is 0.370 e. The summed E-state index contributed by atoms with van der Waals surface area (Å²) in [5.74, 6) is -0.227. The van der Waals surface area contributed by atoms with Crippen LogP contribution < -0.4 is 11.5 Å². The fraction of sp³-hybridized carbons (Fsp3) is 0.467. The van der Waals surface area contributed by atoms with E-state index in [1.807, 2.05) is 30.3 Å². The van der Waals surface area contributed by atoms with Gasteiger partial charge in [-0.1, -0.05) is 30.3 Å². The number of primary amides is 1. The van der Waals surface area contributed by atoms with Crippen LogP contribution in [0.25, 0.3) is 0 Å². The maximum Gasteiger partial charge on any atom is 0.244 e. The highest BCUT2D eigenvalue weighted by Gasteiger charge is 2.28. The Hall–Kier alpha value is -1.88. The van der Waals surface area contributed by atoms with Crippen LogP contribution >= 0.6 is 0 Å².